The lowest BCUT2D eigenvalue weighted by molar-refractivity contribution is 0.507. The zero-order chi connectivity index (χ0) is 16.1. The number of aliphatic imine (C=N–C) groups is 1. The van der Waals surface area contributed by atoms with Crippen LogP contribution in [0.5, 0.6) is 0 Å². The lowest BCUT2D eigenvalue weighted by Crippen LogP contribution is -2.23. The molecule has 0 bridgehead atoms. The van der Waals surface area contributed by atoms with Gasteiger partial charge >= 0.3 is 0 Å². The van der Waals surface area contributed by atoms with E-state index in [9.17, 15) is 0 Å². The molecule has 1 heterocycles. The van der Waals surface area contributed by atoms with Crippen LogP contribution in [0.2, 0.25) is 0 Å². The fourth-order valence-electron chi connectivity index (χ4n) is 2.44. The van der Waals surface area contributed by atoms with Gasteiger partial charge in [0.2, 0.25) is 0 Å². The SMILES string of the molecule is Cc1cc(C)cc(NC(N)=NCc2nccn2CC(C)C)c1. The third kappa shape index (κ3) is 4.62. The minimum atomic E-state index is 0.407. The van der Waals surface area contributed by atoms with Crippen molar-refractivity contribution in [3.05, 3.63) is 47.5 Å². The van der Waals surface area contributed by atoms with Gasteiger partial charge in [0, 0.05) is 24.6 Å². The molecule has 0 aliphatic heterocycles. The Morgan fingerprint density at radius 2 is 1.95 bits per heavy atom. The van der Waals surface area contributed by atoms with Crippen LogP contribution in [0.4, 0.5) is 5.69 Å². The quantitative estimate of drug-likeness (QED) is 0.658. The van der Waals surface area contributed by atoms with Crippen molar-refractivity contribution < 1.29 is 0 Å². The van der Waals surface area contributed by atoms with E-state index in [1.807, 2.05) is 6.20 Å². The van der Waals surface area contributed by atoms with E-state index in [1.165, 1.54) is 11.1 Å². The van der Waals surface area contributed by atoms with E-state index in [0.717, 1.165) is 18.1 Å². The highest BCUT2D eigenvalue weighted by Gasteiger charge is 2.04. The molecule has 0 fully saturated rings. The highest BCUT2D eigenvalue weighted by Crippen LogP contribution is 2.13. The van der Waals surface area contributed by atoms with E-state index < -0.39 is 0 Å². The van der Waals surface area contributed by atoms with Gasteiger partial charge in [0.25, 0.3) is 0 Å². The fraction of sp³-hybridized carbons (Fsp3) is 0.412. The van der Waals surface area contributed by atoms with Crippen molar-refractivity contribution in [3.63, 3.8) is 0 Å². The molecular formula is C17H25N5. The van der Waals surface area contributed by atoms with Gasteiger partial charge in [-0.15, -0.1) is 0 Å². The van der Waals surface area contributed by atoms with Crippen LogP contribution in [0.15, 0.2) is 35.6 Å². The fourth-order valence-corrected chi connectivity index (χ4v) is 2.44. The Labute approximate surface area is 132 Å². The first-order chi connectivity index (χ1) is 10.4. The van der Waals surface area contributed by atoms with Gasteiger partial charge in [0.15, 0.2) is 5.96 Å². The van der Waals surface area contributed by atoms with E-state index in [2.05, 4.69) is 65.8 Å². The second kappa shape index (κ2) is 7.11. The molecule has 2 rings (SSSR count). The number of anilines is 1. The summed E-state index contributed by atoms with van der Waals surface area (Å²) in [4.78, 5) is 8.74. The summed E-state index contributed by atoms with van der Waals surface area (Å²) in [6.45, 7) is 9.91. The van der Waals surface area contributed by atoms with Crippen molar-refractivity contribution >= 4 is 11.6 Å². The van der Waals surface area contributed by atoms with Gasteiger partial charge in [-0.25, -0.2) is 9.98 Å². The number of aromatic nitrogens is 2. The highest BCUT2D eigenvalue weighted by atomic mass is 15.1. The molecule has 0 atom stereocenters. The van der Waals surface area contributed by atoms with Gasteiger partial charge in [-0.05, 0) is 43.0 Å². The zero-order valence-corrected chi connectivity index (χ0v) is 13.8. The molecule has 0 radical (unpaired) electrons. The molecule has 0 saturated carbocycles. The number of nitrogens with two attached hydrogens (primary N) is 1. The molecule has 22 heavy (non-hydrogen) atoms. The van der Waals surface area contributed by atoms with Crippen LogP contribution < -0.4 is 11.1 Å². The van der Waals surface area contributed by atoms with Crippen LogP contribution in [0, 0.1) is 19.8 Å². The van der Waals surface area contributed by atoms with Gasteiger partial charge in [-0.2, -0.15) is 0 Å². The second-order valence-electron chi connectivity index (χ2n) is 6.09. The average molecular weight is 299 g/mol. The standard InChI is InChI=1S/C17H25N5/c1-12(2)11-22-6-5-19-16(22)10-20-17(18)21-15-8-13(3)7-14(4)9-15/h5-9,12H,10-11H2,1-4H3,(H3,18,20,21). The Bertz CT molecular complexity index is 635. The number of aryl methyl sites for hydroxylation is 2. The summed E-state index contributed by atoms with van der Waals surface area (Å²) < 4.78 is 2.12. The van der Waals surface area contributed by atoms with Gasteiger partial charge in [-0.3, -0.25) is 0 Å². The normalized spacial score (nSPS) is 12.0. The van der Waals surface area contributed by atoms with E-state index in [-0.39, 0.29) is 0 Å². The summed E-state index contributed by atoms with van der Waals surface area (Å²) in [7, 11) is 0. The van der Waals surface area contributed by atoms with Gasteiger partial charge < -0.3 is 15.6 Å². The summed E-state index contributed by atoms with van der Waals surface area (Å²) in [6, 6.07) is 6.23. The van der Waals surface area contributed by atoms with E-state index in [0.29, 0.717) is 18.4 Å². The largest absolute Gasteiger partial charge is 0.370 e. The lowest BCUT2D eigenvalue weighted by atomic mass is 10.1. The number of hydrogen-bond donors (Lipinski definition) is 2. The Morgan fingerprint density at radius 1 is 1.27 bits per heavy atom. The molecule has 3 N–H and O–H groups in total. The summed E-state index contributed by atoms with van der Waals surface area (Å²) >= 11 is 0. The molecule has 0 amide bonds. The maximum atomic E-state index is 5.98. The van der Waals surface area contributed by atoms with Crippen molar-refractivity contribution in [1.82, 2.24) is 9.55 Å². The summed E-state index contributed by atoms with van der Waals surface area (Å²) in [5.41, 5.74) is 9.33. The first-order valence-corrected chi connectivity index (χ1v) is 7.59. The molecule has 118 valence electrons. The molecule has 1 aromatic heterocycles. The lowest BCUT2D eigenvalue weighted by Gasteiger charge is -2.10. The van der Waals surface area contributed by atoms with Crippen molar-refractivity contribution in [1.29, 1.82) is 0 Å². The Kier molecular flexibility index (Phi) is 5.20. The summed E-state index contributed by atoms with van der Waals surface area (Å²) in [5.74, 6) is 1.91. The Morgan fingerprint density at radius 3 is 2.59 bits per heavy atom. The first kappa shape index (κ1) is 16.1. The molecule has 5 nitrogen and oxygen atoms in total. The maximum Gasteiger partial charge on any atom is 0.193 e. The number of rotatable bonds is 5. The molecule has 0 spiro atoms. The van der Waals surface area contributed by atoms with E-state index in [1.54, 1.807) is 6.20 Å². The molecule has 0 aliphatic rings. The van der Waals surface area contributed by atoms with Crippen molar-refractivity contribution in [2.75, 3.05) is 5.32 Å². The van der Waals surface area contributed by atoms with Crippen molar-refractivity contribution in [2.24, 2.45) is 16.6 Å². The third-order valence-electron chi connectivity index (χ3n) is 3.25. The zero-order valence-electron chi connectivity index (χ0n) is 13.8. The second-order valence-corrected chi connectivity index (χ2v) is 6.09. The molecule has 2 aromatic rings. The van der Waals surface area contributed by atoms with Crippen LogP contribution in [-0.2, 0) is 13.1 Å². The van der Waals surface area contributed by atoms with E-state index >= 15 is 0 Å². The number of guanidine groups is 1. The van der Waals surface area contributed by atoms with Crippen LogP contribution in [0.1, 0.15) is 30.8 Å². The monoisotopic (exact) mass is 299 g/mol. The predicted molar refractivity (Wildman–Crippen MR) is 91.9 cm³/mol. The highest BCUT2D eigenvalue weighted by molar-refractivity contribution is 5.92. The molecule has 0 saturated heterocycles. The van der Waals surface area contributed by atoms with Crippen LogP contribution in [0.25, 0.3) is 0 Å². The average Bonchev–Trinajstić information content (AvgIpc) is 2.81. The number of benzene rings is 1. The van der Waals surface area contributed by atoms with Gasteiger partial charge in [0.05, 0.1) is 0 Å². The molecular weight excluding hydrogens is 274 g/mol. The summed E-state index contributed by atoms with van der Waals surface area (Å²) in [5, 5.41) is 3.14. The minimum Gasteiger partial charge on any atom is -0.370 e. The predicted octanol–water partition coefficient (Wildman–Crippen LogP) is 3.08. The molecule has 0 aliphatic carbocycles. The number of hydrogen-bond acceptors (Lipinski definition) is 2. The van der Waals surface area contributed by atoms with Crippen molar-refractivity contribution in [2.45, 2.75) is 40.8 Å². The number of imidazole rings is 1. The Hall–Kier alpha value is -2.30. The van der Waals surface area contributed by atoms with Gasteiger partial charge in [-0.1, -0.05) is 19.9 Å². The molecule has 5 heteroatoms. The van der Waals surface area contributed by atoms with Crippen LogP contribution >= 0.6 is 0 Å². The van der Waals surface area contributed by atoms with Crippen LogP contribution in [0.3, 0.4) is 0 Å². The number of nitrogens with zero attached hydrogens (tertiary/aromatic N) is 3. The maximum absolute atomic E-state index is 5.98. The first-order valence-electron chi connectivity index (χ1n) is 7.59. The Balaban J connectivity index is 2.02. The minimum absolute atomic E-state index is 0.407. The smallest absolute Gasteiger partial charge is 0.193 e. The topological polar surface area (TPSA) is 68.2 Å². The van der Waals surface area contributed by atoms with E-state index in [4.69, 9.17) is 5.73 Å². The van der Waals surface area contributed by atoms with Crippen molar-refractivity contribution in [3.8, 4) is 0 Å². The van der Waals surface area contributed by atoms with Crippen LogP contribution in [-0.4, -0.2) is 15.5 Å². The molecule has 1 aromatic carbocycles. The third-order valence-corrected chi connectivity index (χ3v) is 3.25. The summed E-state index contributed by atoms with van der Waals surface area (Å²) in [6.07, 6.45) is 3.79. The molecule has 0 unspecified atom stereocenters. The number of nitrogens with one attached hydrogen (secondary N) is 1. The van der Waals surface area contributed by atoms with Gasteiger partial charge in [0.1, 0.15) is 12.4 Å².